The minimum atomic E-state index is -0.162. The van der Waals surface area contributed by atoms with Gasteiger partial charge >= 0.3 is 0 Å². The summed E-state index contributed by atoms with van der Waals surface area (Å²) in [5.41, 5.74) is 1.26. The molecule has 0 saturated heterocycles. The number of nitriles is 1. The molecule has 1 aliphatic carbocycles. The summed E-state index contributed by atoms with van der Waals surface area (Å²) in [6.07, 6.45) is 12.1. The van der Waals surface area contributed by atoms with Crippen molar-refractivity contribution in [3.05, 3.63) is 60.0 Å². The summed E-state index contributed by atoms with van der Waals surface area (Å²) in [7, 11) is 0. The van der Waals surface area contributed by atoms with Gasteiger partial charge in [-0.1, -0.05) is 30.4 Å². The predicted molar refractivity (Wildman–Crippen MR) is 75.0 cm³/mol. The Morgan fingerprint density at radius 2 is 1.74 bits per heavy atom. The summed E-state index contributed by atoms with van der Waals surface area (Å²) in [5, 5.41) is 8.39. The van der Waals surface area contributed by atoms with Crippen molar-refractivity contribution in [2.45, 2.75) is 31.6 Å². The molecule has 1 saturated carbocycles. The second kappa shape index (κ2) is 6.89. The molecule has 0 aliphatic heterocycles. The van der Waals surface area contributed by atoms with Crippen molar-refractivity contribution < 1.29 is 4.39 Å². The smallest absolute Gasteiger partial charge is 0.123 e. The Hall–Kier alpha value is -1.88. The third kappa shape index (κ3) is 4.06. The van der Waals surface area contributed by atoms with E-state index >= 15 is 0 Å². The molecule has 19 heavy (non-hydrogen) atoms. The fraction of sp³-hybridized carbons (Fsp3) is 0.353. The number of hydrogen-bond acceptors (Lipinski definition) is 1. The molecule has 0 amide bonds. The molecule has 0 radical (unpaired) electrons. The predicted octanol–water partition coefficient (Wildman–Crippen LogP) is 4.74. The molecule has 98 valence electrons. The van der Waals surface area contributed by atoms with Crippen molar-refractivity contribution in [1.29, 1.82) is 5.26 Å². The maximum absolute atomic E-state index is 12.9. The Balaban J connectivity index is 1.85. The maximum atomic E-state index is 12.9. The van der Waals surface area contributed by atoms with Gasteiger partial charge in [-0.25, -0.2) is 4.39 Å². The van der Waals surface area contributed by atoms with Gasteiger partial charge in [0.1, 0.15) is 5.82 Å². The highest BCUT2D eigenvalue weighted by Crippen LogP contribution is 2.36. The van der Waals surface area contributed by atoms with Crippen molar-refractivity contribution in [3.8, 4) is 6.07 Å². The van der Waals surface area contributed by atoms with E-state index in [-0.39, 0.29) is 5.82 Å². The Labute approximate surface area is 114 Å². The van der Waals surface area contributed by atoms with Crippen molar-refractivity contribution in [2.75, 3.05) is 0 Å². The molecule has 0 spiro atoms. The van der Waals surface area contributed by atoms with Gasteiger partial charge in [-0.2, -0.15) is 5.26 Å². The van der Waals surface area contributed by atoms with Gasteiger partial charge in [0.2, 0.25) is 0 Å². The van der Waals surface area contributed by atoms with Crippen LogP contribution in [0, 0.1) is 23.1 Å². The monoisotopic (exact) mass is 255 g/mol. The second-order valence-corrected chi connectivity index (χ2v) is 5.04. The number of nitrogens with zero attached hydrogens (tertiary/aromatic N) is 1. The molecule has 0 atom stereocenters. The van der Waals surface area contributed by atoms with Crippen molar-refractivity contribution in [2.24, 2.45) is 5.92 Å². The average molecular weight is 255 g/mol. The molecule has 0 unspecified atom stereocenters. The first-order valence-corrected chi connectivity index (χ1v) is 6.78. The third-order valence-electron chi connectivity index (χ3n) is 3.78. The highest BCUT2D eigenvalue weighted by atomic mass is 19.1. The van der Waals surface area contributed by atoms with Crippen LogP contribution in [0.4, 0.5) is 4.39 Å². The van der Waals surface area contributed by atoms with Gasteiger partial charge in [0.25, 0.3) is 0 Å². The molecule has 1 aromatic carbocycles. The highest BCUT2D eigenvalue weighted by Gasteiger charge is 2.20. The minimum absolute atomic E-state index is 0.162. The molecule has 0 heterocycles. The molecule has 2 heteroatoms. The van der Waals surface area contributed by atoms with Crippen molar-refractivity contribution >= 4 is 0 Å². The van der Waals surface area contributed by atoms with Crippen LogP contribution in [0.5, 0.6) is 0 Å². The van der Waals surface area contributed by atoms with Crippen LogP contribution in [0.15, 0.2) is 48.6 Å². The lowest BCUT2D eigenvalue weighted by atomic mass is 9.78. The topological polar surface area (TPSA) is 23.8 Å². The molecular weight excluding hydrogens is 237 g/mol. The molecular formula is C17H18FN. The summed E-state index contributed by atoms with van der Waals surface area (Å²) < 4.78 is 12.9. The van der Waals surface area contributed by atoms with Crippen LogP contribution in [-0.4, -0.2) is 0 Å². The molecule has 0 aromatic heterocycles. The van der Waals surface area contributed by atoms with E-state index in [2.05, 4.69) is 6.08 Å². The number of rotatable bonds is 3. The van der Waals surface area contributed by atoms with Crippen LogP contribution in [-0.2, 0) is 0 Å². The zero-order valence-corrected chi connectivity index (χ0v) is 10.9. The number of allylic oxidation sites excluding steroid dienone is 4. The first-order valence-electron chi connectivity index (χ1n) is 6.78. The normalized spacial score (nSPS) is 23.8. The van der Waals surface area contributed by atoms with E-state index in [4.69, 9.17) is 5.26 Å². The van der Waals surface area contributed by atoms with Gasteiger partial charge < -0.3 is 0 Å². The van der Waals surface area contributed by atoms with Gasteiger partial charge in [-0.15, -0.1) is 0 Å². The molecule has 1 aromatic rings. The van der Waals surface area contributed by atoms with E-state index < -0.39 is 0 Å². The van der Waals surface area contributed by atoms with Gasteiger partial charge in [-0.05, 0) is 55.2 Å². The van der Waals surface area contributed by atoms with E-state index in [1.165, 1.54) is 24.5 Å². The lowest BCUT2D eigenvalue weighted by Crippen LogP contribution is -2.11. The molecule has 0 bridgehead atoms. The number of benzene rings is 1. The molecule has 1 fully saturated rings. The van der Waals surface area contributed by atoms with Crippen LogP contribution in [0.1, 0.15) is 37.2 Å². The molecule has 2 rings (SSSR count). The van der Waals surface area contributed by atoms with Gasteiger partial charge in [-0.3, -0.25) is 0 Å². The van der Waals surface area contributed by atoms with Crippen molar-refractivity contribution in [3.63, 3.8) is 0 Å². The fourth-order valence-corrected chi connectivity index (χ4v) is 2.70. The van der Waals surface area contributed by atoms with Crippen LogP contribution < -0.4 is 0 Å². The number of halogens is 1. The summed E-state index contributed by atoms with van der Waals surface area (Å²) in [6.45, 7) is 0. The standard InChI is InChI=1S/C17H18FN/c18-17-11-9-16(10-12-17)15-7-5-14(6-8-15)4-2-1-3-13-19/h1-4,9-12,14-15H,5-8H2/b3-1+,4-2+. The van der Waals surface area contributed by atoms with Crippen LogP contribution in [0.25, 0.3) is 0 Å². The Morgan fingerprint density at radius 1 is 1.05 bits per heavy atom. The lowest BCUT2D eigenvalue weighted by Gasteiger charge is -2.27. The summed E-state index contributed by atoms with van der Waals surface area (Å²) in [6, 6.07) is 8.89. The third-order valence-corrected chi connectivity index (χ3v) is 3.78. The van der Waals surface area contributed by atoms with E-state index in [9.17, 15) is 4.39 Å². The maximum Gasteiger partial charge on any atom is 0.123 e. The zero-order valence-electron chi connectivity index (χ0n) is 10.9. The first-order chi connectivity index (χ1) is 9.29. The van der Waals surface area contributed by atoms with E-state index in [0.29, 0.717) is 11.8 Å². The van der Waals surface area contributed by atoms with E-state index in [0.717, 1.165) is 12.8 Å². The Bertz CT molecular complexity index is 485. The zero-order chi connectivity index (χ0) is 13.5. The highest BCUT2D eigenvalue weighted by molar-refractivity contribution is 5.21. The SMILES string of the molecule is N#C/C=C/C=C/C1CCC(c2ccc(F)cc2)CC1. The van der Waals surface area contributed by atoms with Crippen LogP contribution in [0.2, 0.25) is 0 Å². The van der Waals surface area contributed by atoms with E-state index in [1.807, 2.05) is 24.3 Å². The van der Waals surface area contributed by atoms with Crippen LogP contribution in [0.3, 0.4) is 0 Å². The largest absolute Gasteiger partial charge is 0.207 e. The summed E-state index contributed by atoms with van der Waals surface area (Å²) in [5.74, 6) is 1.02. The number of hydrogen-bond donors (Lipinski definition) is 0. The van der Waals surface area contributed by atoms with Gasteiger partial charge in [0, 0.05) is 6.08 Å². The summed E-state index contributed by atoms with van der Waals surface area (Å²) >= 11 is 0. The quantitative estimate of drug-likeness (QED) is 0.565. The Morgan fingerprint density at radius 3 is 2.37 bits per heavy atom. The summed E-state index contributed by atoms with van der Waals surface area (Å²) in [4.78, 5) is 0. The Kier molecular flexibility index (Phi) is 4.92. The molecule has 0 N–H and O–H groups in total. The average Bonchev–Trinajstić information content (AvgIpc) is 2.45. The minimum Gasteiger partial charge on any atom is -0.207 e. The van der Waals surface area contributed by atoms with E-state index in [1.54, 1.807) is 18.2 Å². The fourth-order valence-electron chi connectivity index (χ4n) is 2.70. The van der Waals surface area contributed by atoms with Gasteiger partial charge in [0.05, 0.1) is 6.07 Å². The molecule has 1 nitrogen and oxygen atoms in total. The van der Waals surface area contributed by atoms with Gasteiger partial charge in [0.15, 0.2) is 0 Å². The molecule has 1 aliphatic rings. The lowest BCUT2D eigenvalue weighted by molar-refractivity contribution is 0.375. The second-order valence-electron chi connectivity index (χ2n) is 5.04. The van der Waals surface area contributed by atoms with Crippen molar-refractivity contribution in [1.82, 2.24) is 0 Å². The first kappa shape index (κ1) is 13.5. The van der Waals surface area contributed by atoms with Crippen LogP contribution >= 0.6 is 0 Å².